The van der Waals surface area contributed by atoms with E-state index in [2.05, 4.69) is 47.8 Å². The van der Waals surface area contributed by atoms with Crippen molar-refractivity contribution in [3.05, 3.63) is 29.3 Å². The largest absolute Gasteiger partial charge is 0.382 e. The Morgan fingerprint density at radius 1 is 1.35 bits per heavy atom. The van der Waals surface area contributed by atoms with E-state index in [1.165, 1.54) is 11.1 Å². The van der Waals surface area contributed by atoms with E-state index in [4.69, 9.17) is 10.6 Å². The van der Waals surface area contributed by atoms with Crippen LogP contribution in [-0.4, -0.2) is 25.7 Å². The van der Waals surface area contributed by atoms with E-state index in [1.54, 1.807) is 0 Å². The van der Waals surface area contributed by atoms with Gasteiger partial charge in [-0.25, -0.2) is 5.84 Å². The van der Waals surface area contributed by atoms with E-state index in [0.717, 1.165) is 31.7 Å². The van der Waals surface area contributed by atoms with E-state index in [9.17, 15) is 0 Å². The zero-order valence-corrected chi connectivity index (χ0v) is 12.7. The first kappa shape index (κ1) is 16.5. The van der Waals surface area contributed by atoms with E-state index in [0.29, 0.717) is 12.5 Å². The van der Waals surface area contributed by atoms with Crippen LogP contribution < -0.4 is 16.6 Å². The molecule has 5 nitrogen and oxygen atoms in total. The van der Waals surface area contributed by atoms with Gasteiger partial charge < -0.3 is 10.1 Å². The lowest BCUT2D eigenvalue weighted by atomic mass is 10.1. The molecule has 20 heavy (non-hydrogen) atoms. The summed E-state index contributed by atoms with van der Waals surface area (Å²) in [6.45, 7) is 8.34. The molecular formula is C15H26N4O. The third kappa shape index (κ3) is 5.19. The van der Waals surface area contributed by atoms with Gasteiger partial charge in [0.25, 0.3) is 0 Å². The molecular weight excluding hydrogens is 252 g/mol. The minimum atomic E-state index is 0.588. The molecule has 0 aliphatic carbocycles. The Morgan fingerprint density at radius 3 is 2.80 bits per heavy atom. The summed E-state index contributed by atoms with van der Waals surface area (Å²) in [6, 6.07) is 6.25. The fourth-order valence-corrected chi connectivity index (χ4v) is 1.94. The number of hydrogen-bond acceptors (Lipinski definition) is 3. The van der Waals surface area contributed by atoms with E-state index in [-0.39, 0.29) is 0 Å². The summed E-state index contributed by atoms with van der Waals surface area (Å²) in [5.74, 6) is 6.12. The Labute approximate surface area is 121 Å². The quantitative estimate of drug-likeness (QED) is 0.235. The highest BCUT2D eigenvalue weighted by Gasteiger charge is 2.06. The number of nitrogens with two attached hydrogens (primary N) is 1. The average molecular weight is 278 g/mol. The predicted molar refractivity (Wildman–Crippen MR) is 84.9 cm³/mol. The molecule has 0 amide bonds. The number of nitrogens with zero attached hydrogens (tertiary/aromatic N) is 1. The molecule has 0 atom stereocenters. The molecule has 0 aromatic heterocycles. The van der Waals surface area contributed by atoms with Gasteiger partial charge in [0.1, 0.15) is 0 Å². The molecule has 1 rings (SSSR count). The van der Waals surface area contributed by atoms with Crippen molar-refractivity contribution >= 4 is 11.6 Å². The lowest BCUT2D eigenvalue weighted by molar-refractivity contribution is 0.146. The summed E-state index contributed by atoms with van der Waals surface area (Å²) in [6.07, 6.45) is 1.85. The second-order valence-electron chi connectivity index (χ2n) is 4.51. The SMILES string of the molecule is CCOCCCN=C(NN)Nc1c(C)cccc1CC. The number of para-hydroxylation sites is 1. The van der Waals surface area contributed by atoms with Gasteiger partial charge in [0.05, 0.1) is 0 Å². The molecule has 1 aromatic carbocycles. The lowest BCUT2D eigenvalue weighted by Crippen LogP contribution is -2.37. The van der Waals surface area contributed by atoms with Gasteiger partial charge in [0.15, 0.2) is 0 Å². The first-order chi connectivity index (χ1) is 9.72. The standard InChI is InChI=1S/C15H26N4O/c1-4-13-9-6-8-12(3)14(13)18-15(19-16)17-10-7-11-20-5-2/h6,8-9H,4-5,7,10-11,16H2,1-3H3,(H2,17,18,19). The third-order valence-electron chi connectivity index (χ3n) is 3.04. The van der Waals surface area contributed by atoms with Crippen molar-refractivity contribution < 1.29 is 4.74 Å². The van der Waals surface area contributed by atoms with Crippen molar-refractivity contribution in [2.45, 2.75) is 33.6 Å². The highest BCUT2D eigenvalue weighted by molar-refractivity contribution is 5.94. The molecule has 0 saturated heterocycles. The first-order valence-corrected chi connectivity index (χ1v) is 7.17. The topological polar surface area (TPSA) is 71.7 Å². The lowest BCUT2D eigenvalue weighted by Gasteiger charge is -2.15. The summed E-state index contributed by atoms with van der Waals surface area (Å²) in [5.41, 5.74) is 6.13. The number of ether oxygens (including phenoxy) is 1. The van der Waals surface area contributed by atoms with Crippen LogP contribution in [0.4, 0.5) is 5.69 Å². The van der Waals surface area contributed by atoms with Gasteiger partial charge in [-0.05, 0) is 37.8 Å². The molecule has 0 saturated carbocycles. The summed E-state index contributed by atoms with van der Waals surface area (Å²) in [5, 5.41) is 3.28. The van der Waals surface area contributed by atoms with Crippen LogP contribution >= 0.6 is 0 Å². The fraction of sp³-hybridized carbons (Fsp3) is 0.533. The molecule has 5 heteroatoms. The summed E-state index contributed by atoms with van der Waals surface area (Å²) in [7, 11) is 0. The van der Waals surface area contributed by atoms with E-state index < -0.39 is 0 Å². The maximum absolute atomic E-state index is 5.53. The summed E-state index contributed by atoms with van der Waals surface area (Å²) < 4.78 is 5.28. The highest BCUT2D eigenvalue weighted by atomic mass is 16.5. The van der Waals surface area contributed by atoms with Crippen molar-refractivity contribution in [2.24, 2.45) is 10.8 Å². The van der Waals surface area contributed by atoms with Gasteiger partial charge >= 0.3 is 0 Å². The number of aryl methyl sites for hydroxylation is 2. The van der Waals surface area contributed by atoms with Gasteiger partial charge in [-0.1, -0.05) is 25.1 Å². The number of nitrogens with one attached hydrogen (secondary N) is 2. The van der Waals surface area contributed by atoms with Gasteiger partial charge in [-0.2, -0.15) is 0 Å². The Kier molecular flexibility index (Phi) is 7.69. The molecule has 0 heterocycles. The van der Waals surface area contributed by atoms with E-state index >= 15 is 0 Å². The molecule has 0 aliphatic heterocycles. The Bertz CT molecular complexity index is 432. The van der Waals surface area contributed by atoms with Crippen LogP contribution in [0.5, 0.6) is 0 Å². The third-order valence-corrected chi connectivity index (χ3v) is 3.04. The second kappa shape index (κ2) is 9.34. The molecule has 0 radical (unpaired) electrons. The number of hydrogen-bond donors (Lipinski definition) is 3. The molecule has 0 spiro atoms. The zero-order chi connectivity index (χ0) is 14.8. The van der Waals surface area contributed by atoms with Gasteiger partial charge in [-0.15, -0.1) is 0 Å². The number of aliphatic imine (C=N–C) groups is 1. The molecule has 0 fully saturated rings. The minimum absolute atomic E-state index is 0.588. The number of guanidine groups is 1. The van der Waals surface area contributed by atoms with Gasteiger partial charge in [0.2, 0.25) is 5.96 Å². The first-order valence-electron chi connectivity index (χ1n) is 7.17. The zero-order valence-electron chi connectivity index (χ0n) is 12.7. The van der Waals surface area contributed by atoms with Crippen LogP contribution in [-0.2, 0) is 11.2 Å². The van der Waals surface area contributed by atoms with Crippen LogP contribution in [0.25, 0.3) is 0 Å². The smallest absolute Gasteiger partial charge is 0.210 e. The van der Waals surface area contributed by atoms with Gasteiger partial charge in [-0.3, -0.25) is 10.4 Å². The van der Waals surface area contributed by atoms with Crippen LogP contribution in [0, 0.1) is 6.92 Å². The number of anilines is 1. The van der Waals surface area contributed by atoms with Crippen molar-refractivity contribution in [3.63, 3.8) is 0 Å². The Morgan fingerprint density at radius 2 is 2.15 bits per heavy atom. The van der Waals surface area contributed by atoms with Crippen molar-refractivity contribution in [1.82, 2.24) is 5.43 Å². The molecule has 0 bridgehead atoms. The van der Waals surface area contributed by atoms with Crippen LogP contribution in [0.2, 0.25) is 0 Å². The molecule has 4 N–H and O–H groups in total. The van der Waals surface area contributed by atoms with Crippen LogP contribution in [0.3, 0.4) is 0 Å². The van der Waals surface area contributed by atoms with Crippen molar-refractivity contribution in [1.29, 1.82) is 0 Å². The molecule has 0 unspecified atom stereocenters. The predicted octanol–water partition coefficient (Wildman–Crippen LogP) is 2.22. The maximum Gasteiger partial charge on any atom is 0.210 e. The molecule has 0 aliphatic rings. The highest BCUT2D eigenvalue weighted by Crippen LogP contribution is 2.20. The normalized spacial score (nSPS) is 11.5. The monoisotopic (exact) mass is 278 g/mol. The van der Waals surface area contributed by atoms with Crippen molar-refractivity contribution in [2.75, 3.05) is 25.1 Å². The maximum atomic E-state index is 5.53. The summed E-state index contributed by atoms with van der Waals surface area (Å²) in [4.78, 5) is 4.42. The van der Waals surface area contributed by atoms with E-state index in [1.807, 2.05) is 6.92 Å². The number of hydrazine groups is 1. The Hall–Kier alpha value is -1.59. The van der Waals surface area contributed by atoms with Gasteiger partial charge in [0, 0.05) is 25.4 Å². The molecule has 112 valence electrons. The second-order valence-corrected chi connectivity index (χ2v) is 4.51. The number of benzene rings is 1. The van der Waals surface area contributed by atoms with Crippen LogP contribution in [0.15, 0.2) is 23.2 Å². The molecule has 1 aromatic rings. The average Bonchev–Trinajstić information content (AvgIpc) is 2.47. The van der Waals surface area contributed by atoms with Crippen molar-refractivity contribution in [3.8, 4) is 0 Å². The van der Waals surface area contributed by atoms with Crippen LogP contribution in [0.1, 0.15) is 31.4 Å². The Balaban J connectivity index is 2.66. The number of rotatable bonds is 7. The summed E-state index contributed by atoms with van der Waals surface area (Å²) >= 11 is 0. The minimum Gasteiger partial charge on any atom is -0.382 e. The fourth-order valence-electron chi connectivity index (χ4n) is 1.94.